The SMILES string of the molecule is CC(C)C(=O)CCCCC(=O)N1CCC(C(C)C)CC1. The molecule has 0 bridgehead atoms. The van der Waals surface area contributed by atoms with Gasteiger partial charge in [0.05, 0.1) is 0 Å². The first-order chi connectivity index (χ1) is 9.41. The maximum atomic E-state index is 12.1. The Bertz CT molecular complexity index is 315. The number of carbonyl (C=O) groups excluding carboxylic acids is 2. The van der Waals surface area contributed by atoms with Crippen LogP contribution in [0.4, 0.5) is 0 Å². The van der Waals surface area contributed by atoms with Crippen molar-refractivity contribution in [2.45, 2.75) is 66.2 Å². The zero-order valence-corrected chi connectivity index (χ0v) is 13.7. The molecule has 0 spiro atoms. The highest BCUT2D eigenvalue weighted by atomic mass is 16.2. The summed E-state index contributed by atoms with van der Waals surface area (Å²) < 4.78 is 0. The highest BCUT2D eigenvalue weighted by molar-refractivity contribution is 5.80. The number of piperidine rings is 1. The Labute approximate surface area is 124 Å². The highest BCUT2D eigenvalue weighted by Gasteiger charge is 2.24. The zero-order valence-electron chi connectivity index (χ0n) is 13.7. The van der Waals surface area contributed by atoms with E-state index in [1.807, 2.05) is 18.7 Å². The van der Waals surface area contributed by atoms with E-state index in [1.165, 1.54) is 0 Å². The molecule has 1 heterocycles. The third kappa shape index (κ3) is 5.64. The molecule has 1 aliphatic rings. The first-order valence-corrected chi connectivity index (χ1v) is 8.22. The molecule has 0 radical (unpaired) electrons. The summed E-state index contributed by atoms with van der Waals surface area (Å²) in [6.45, 7) is 10.3. The monoisotopic (exact) mass is 281 g/mol. The molecule has 0 saturated carbocycles. The summed E-state index contributed by atoms with van der Waals surface area (Å²) in [6, 6.07) is 0. The number of hydrogen-bond donors (Lipinski definition) is 0. The van der Waals surface area contributed by atoms with Gasteiger partial charge in [0.2, 0.25) is 5.91 Å². The van der Waals surface area contributed by atoms with E-state index in [0.29, 0.717) is 18.6 Å². The molecule has 3 nitrogen and oxygen atoms in total. The van der Waals surface area contributed by atoms with Crippen molar-refractivity contribution in [1.29, 1.82) is 0 Å². The number of nitrogens with zero attached hydrogens (tertiary/aromatic N) is 1. The summed E-state index contributed by atoms with van der Waals surface area (Å²) in [5.74, 6) is 2.23. The second-order valence-electron chi connectivity index (χ2n) is 6.79. The van der Waals surface area contributed by atoms with Crippen LogP contribution in [0.15, 0.2) is 0 Å². The molecule has 0 aliphatic carbocycles. The number of likely N-dealkylation sites (tertiary alicyclic amines) is 1. The quantitative estimate of drug-likeness (QED) is 0.668. The molecule has 1 aliphatic heterocycles. The number of amides is 1. The van der Waals surface area contributed by atoms with Crippen LogP contribution in [-0.4, -0.2) is 29.7 Å². The van der Waals surface area contributed by atoms with Gasteiger partial charge < -0.3 is 4.90 Å². The van der Waals surface area contributed by atoms with Crippen molar-refractivity contribution >= 4 is 11.7 Å². The van der Waals surface area contributed by atoms with Crippen molar-refractivity contribution < 1.29 is 9.59 Å². The molecule has 1 rings (SSSR count). The molecule has 0 aromatic carbocycles. The molecule has 0 N–H and O–H groups in total. The second kappa shape index (κ2) is 8.43. The summed E-state index contributed by atoms with van der Waals surface area (Å²) in [5, 5.41) is 0. The van der Waals surface area contributed by atoms with Crippen LogP contribution in [0, 0.1) is 17.8 Å². The van der Waals surface area contributed by atoms with Crippen LogP contribution in [0.5, 0.6) is 0 Å². The Morgan fingerprint density at radius 3 is 2.05 bits per heavy atom. The molecular formula is C17H31NO2. The number of rotatable bonds is 7. The van der Waals surface area contributed by atoms with Gasteiger partial charge in [0, 0.05) is 31.8 Å². The van der Waals surface area contributed by atoms with Gasteiger partial charge in [0.25, 0.3) is 0 Å². The molecule has 1 fully saturated rings. The Balaban J connectivity index is 2.16. The van der Waals surface area contributed by atoms with Gasteiger partial charge >= 0.3 is 0 Å². The number of hydrogen-bond acceptors (Lipinski definition) is 2. The largest absolute Gasteiger partial charge is 0.343 e. The summed E-state index contributed by atoms with van der Waals surface area (Å²) >= 11 is 0. The van der Waals surface area contributed by atoms with Crippen LogP contribution in [0.1, 0.15) is 66.2 Å². The highest BCUT2D eigenvalue weighted by Crippen LogP contribution is 2.24. The van der Waals surface area contributed by atoms with Gasteiger partial charge in [-0.2, -0.15) is 0 Å². The lowest BCUT2D eigenvalue weighted by molar-refractivity contribution is -0.133. The minimum Gasteiger partial charge on any atom is -0.343 e. The van der Waals surface area contributed by atoms with Crippen LogP contribution in [0.2, 0.25) is 0 Å². The predicted octanol–water partition coefficient (Wildman–Crippen LogP) is 3.67. The molecule has 0 aromatic heterocycles. The fourth-order valence-electron chi connectivity index (χ4n) is 2.84. The average Bonchev–Trinajstić information content (AvgIpc) is 2.43. The molecule has 0 unspecified atom stereocenters. The molecule has 1 amide bonds. The third-order valence-corrected chi connectivity index (χ3v) is 4.54. The van der Waals surface area contributed by atoms with Gasteiger partial charge in [0.1, 0.15) is 5.78 Å². The van der Waals surface area contributed by atoms with E-state index in [9.17, 15) is 9.59 Å². The minimum absolute atomic E-state index is 0.126. The Morgan fingerprint density at radius 2 is 1.55 bits per heavy atom. The van der Waals surface area contributed by atoms with Gasteiger partial charge in [-0.3, -0.25) is 9.59 Å². The summed E-state index contributed by atoms with van der Waals surface area (Å²) in [6.07, 6.45) is 5.23. The molecule has 20 heavy (non-hydrogen) atoms. The third-order valence-electron chi connectivity index (χ3n) is 4.54. The number of ketones is 1. The molecular weight excluding hydrogens is 250 g/mol. The van der Waals surface area contributed by atoms with Crippen molar-refractivity contribution in [2.24, 2.45) is 17.8 Å². The first-order valence-electron chi connectivity index (χ1n) is 8.22. The fraction of sp³-hybridized carbons (Fsp3) is 0.882. The topological polar surface area (TPSA) is 37.4 Å². The summed E-state index contributed by atoms with van der Waals surface area (Å²) in [4.78, 5) is 25.6. The maximum Gasteiger partial charge on any atom is 0.222 e. The van der Waals surface area contributed by atoms with Crippen molar-refractivity contribution in [3.05, 3.63) is 0 Å². The lowest BCUT2D eigenvalue weighted by Crippen LogP contribution is -2.39. The van der Waals surface area contributed by atoms with Crippen LogP contribution in [0.3, 0.4) is 0 Å². The van der Waals surface area contributed by atoms with Gasteiger partial charge in [-0.25, -0.2) is 0 Å². The second-order valence-corrected chi connectivity index (χ2v) is 6.79. The van der Waals surface area contributed by atoms with Crippen LogP contribution >= 0.6 is 0 Å². The van der Waals surface area contributed by atoms with Gasteiger partial charge in [-0.05, 0) is 37.5 Å². The zero-order chi connectivity index (χ0) is 15.1. The first kappa shape index (κ1) is 17.2. The minimum atomic E-state index is 0.126. The standard InChI is InChI=1S/C17H31NO2/c1-13(2)15-9-11-18(12-10-15)17(20)8-6-5-7-16(19)14(3)4/h13-15H,5-12H2,1-4H3. The lowest BCUT2D eigenvalue weighted by Gasteiger charge is -2.34. The van der Waals surface area contributed by atoms with E-state index in [4.69, 9.17) is 0 Å². The Hall–Kier alpha value is -0.860. The Morgan fingerprint density at radius 1 is 1.00 bits per heavy atom. The molecule has 3 heteroatoms. The number of Topliss-reactive ketones (excluding diaryl/α,β-unsaturated/α-hetero) is 1. The number of unbranched alkanes of at least 4 members (excludes halogenated alkanes) is 1. The van der Waals surface area contributed by atoms with Crippen molar-refractivity contribution in [1.82, 2.24) is 4.90 Å². The van der Waals surface area contributed by atoms with E-state index in [-0.39, 0.29) is 11.8 Å². The summed E-state index contributed by atoms with van der Waals surface area (Å²) in [7, 11) is 0. The normalized spacial score (nSPS) is 17.0. The molecule has 0 aromatic rings. The van der Waals surface area contributed by atoms with Crippen molar-refractivity contribution in [2.75, 3.05) is 13.1 Å². The van der Waals surface area contributed by atoms with Crippen LogP contribution in [-0.2, 0) is 9.59 Å². The van der Waals surface area contributed by atoms with Gasteiger partial charge in [-0.15, -0.1) is 0 Å². The van der Waals surface area contributed by atoms with E-state index >= 15 is 0 Å². The summed E-state index contributed by atoms with van der Waals surface area (Å²) in [5.41, 5.74) is 0. The van der Waals surface area contributed by atoms with Crippen LogP contribution in [0.25, 0.3) is 0 Å². The fourth-order valence-corrected chi connectivity index (χ4v) is 2.84. The average molecular weight is 281 g/mol. The van der Waals surface area contributed by atoms with Crippen molar-refractivity contribution in [3.63, 3.8) is 0 Å². The predicted molar refractivity (Wildman–Crippen MR) is 82.5 cm³/mol. The lowest BCUT2D eigenvalue weighted by atomic mass is 9.86. The Kier molecular flexibility index (Phi) is 7.25. The maximum absolute atomic E-state index is 12.1. The van der Waals surface area contributed by atoms with Crippen LogP contribution < -0.4 is 0 Å². The smallest absolute Gasteiger partial charge is 0.222 e. The van der Waals surface area contributed by atoms with E-state index in [0.717, 1.165) is 50.6 Å². The van der Waals surface area contributed by atoms with E-state index in [2.05, 4.69) is 13.8 Å². The van der Waals surface area contributed by atoms with Gasteiger partial charge in [0.15, 0.2) is 0 Å². The number of carbonyl (C=O) groups is 2. The van der Waals surface area contributed by atoms with E-state index < -0.39 is 0 Å². The molecule has 0 atom stereocenters. The molecule has 1 saturated heterocycles. The van der Waals surface area contributed by atoms with Gasteiger partial charge in [-0.1, -0.05) is 27.7 Å². The van der Waals surface area contributed by atoms with Crippen molar-refractivity contribution in [3.8, 4) is 0 Å². The molecule has 116 valence electrons. The van der Waals surface area contributed by atoms with E-state index in [1.54, 1.807) is 0 Å².